The number of aryl methyl sites for hydroxylation is 2. The highest BCUT2D eigenvalue weighted by Crippen LogP contribution is 2.33. The molecule has 1 unspecified atom stereocenters. The van der Waals surface area contributed by atoms with Crippen molar-refractivity contribution in [2.75, 3.05) is 13.2 Å². The summed E-state index contributed by atoms with van der Waals surface area (Å²) < 4.78 is 6.26. The quantitative estimate of drug-likeness (QED) is 0.258. The highest BCUT2D eigenvalue weighted by Gasteiger charge is 2.16. The molecule has 0 radical (unpaired) electrons. The van der Waals surface area contributed by atoms with Crippen LogP contribution in [0.15, 0.2) is 30.3 Å². The molecule has 2 rings (SSSR count). The number of aliphatic hydroxyl groups is 1. The maximum absolute atomic E-state index is 8.86. The zero-order valence-electron chi connectivity index (χ0n) is 20.4. The normalized spacial score (nSPS) is 12.5. The monoisotopic (exact) mass is 426 g/mol. The van der Waals surface area contributed by atoms with Gasteiger partial charge in [-0.3, -0.25) is 0 Å². The Labute approximate surface area is 191 Å². The summed E-state index contributed by atoms with van der Waals surface area (Å²) in [5, 5.41) is 11.6. The third-order valence-corrected chi connectivity index (χ3v) is 6.36. The van der Waals surface area contributed by atoms with Gasteiger partial charge in [-0.05, 0) is 60.1 Å². The van der Waals surface area contributed by atoms with Gasteiger partial charge >= 0.3 is 0 Å². The first-order chi connectivity index (χ1) is 15.2. The molecule has 2 nitrogen and oxygen atoms in total. The zero-order chi connectivity index (χ0) is 22.3. The number of aliphatic hydroxyl groups excluding tert-OH is 1. The van der Waals surface area contributed by atoms with Crippen LogP contribution in [0, 0.1) is 0 Å². The van der Waals surface area contributed by atoms with Crippen molar-refractivity contribution in [2.24, 2.45) is 0 Å². The largest absolute Gasteiger partial charge is 0.396 e. The van der Waals surface area contributed by atoms with E-state index in [4.69, 9.17) is 9.84 Å². The highest BCUT2D eigenvalue weighted by molar-refractivity contribution is 5.87. The molecule has 1 N–H and O–H groups in total. The van der Waals surface area contributed by atoms with Crippen LogP contribution in [0.3, 0.4) is 0 Å². The zero-order valence-corrected chi connectivity index (χ0v) is 20.4. The SMILES string of the molecule is CCCc1cc2cccc(C(CCCCCCCCCCO)OCC)c2cc1CCC. The Hall–Kier alpha value is -1.38. The Kier molecular flexibility index (Phi) is 12.9. The van der Waals surface area contributed by atoms with E-state index < -0.39 is 0 Å². The Morgan fingerprint density at radius 2 is 1.39 bits per heavy atom. The lowest BCUT2D eigenvalue weighted by Gasteiger charge is -2.21. The van der Waals surface area contributed by atoms with Gasteiger partial charge in [0, 0.05) is 13.2 Å². The first-order valence-electron chi connectivity index (χ1n) is 13.0. The number of hydrogen-bond acceptors (Lipinski definition) is 2. The van der Waals surface area contributed by atoms with Crippen LogP contribution in [0.25, 0.3) is 10.8 Å². The Balaban J connectivity index is 2.04. The number of hydrogen-bond donors (Lipinski definition) is 1. The van der Waals surface area contributed by atoms with Crippen LogP contribution in [-0.4, -0.2) is 18.3 Å². The van der Waals surface area contributed by atoms with Crippen LogP contribution < -0.4 is 0 Å². The number of fused-ring (bicyclic) bond motifs is 1. The van der Waals surface area contributed by atoms with Gasteiger partial charge in [-0.15, -0.1) is 0 Å². The minimum Gasteiger partial charge on any atom is -0.396 e. The number of unbranched alkanes of at least 4 members (excludes halogenated alkanes) is 7. The Morgan fingerprint density at radius 1 is 0.774 bits per heavy atom. The minimum absolute atomic E-state index is 0.199. The minimum atomic E-state index is 0.199. The summed E-state index contributed by atoms with van der Waals surface area (Å²) in [6.45, 7) is 7.78. The molecule has 31 heavy (non-hydrogen) atoms. The molecule has 2 aromatic rings. The average Bonchev–Trinajstić information content (AvgIpc) is 2.77. The molecule has 174 valence electrons. The van der Waals surface area contributed by atoms with Crippen LogP contribution in [0.4, 0.5) is 0 Å². The van der Waals surface area contributed by atoms with Crippen LogP contribution >= 0.6 is 0 Å². The van der Waals surface area contributed by atoms with E-state index >= 15 is 0 Å². The van der Waals surface area contributed by atoms with Gasteiger partial charge < -0.3 is 9.84 Å². The van der Waals surface area contributed by atoms with Gasteiger partial charge in [0.05, 0.1) is 6.10 Å². The molecular formula is C29H46O2. The van der Waals surface area contributed by atoms with Gasteiger partial charge in [0.2, 0.25) is 0 Å². The van der Waals surface area contributed by atoms with E-state index in [-0.39, 0.29) is 6.10 Å². The van der Waals surface area contributed by atoms with Crippen molar-refractivity contribution in [1.29, 1.82) is 0 Å². The van der Waals surface area contributed by atoms with Gasteiger partial charge in [-0.25, -0.2) is 0 Å². The van der Waals surface area contributed by atoms with Gasteiger partial charge in [0.25, 0.3) is 0 Å². The van der Waals surface area contributed by atoms with E-state index in [0.717, 1.165) is 25.9 Å². The first-order valence-corrected chi connectivity index (χ1v) is 13.0. The van der Waals surface area contributed by atoms with E-state index in [1.54, 1.807) is 0 Å². The summed E-state index contributed by atoms with van der Waals surface area (Å²) in [5.41, 5.74) is 4.44. The van der Waals surface area contributed by atoms with Crippen molar-refractivity contribution in [3.63, 3.8) is 0 Å². The molecule has 0 heterocycles. The Morgan fingerprint density at radius 3 is 2.00 bits per heavy atom. The van der Waals surface area contributed by atoms with E-state index in [1.807, 2.05) is 0 Å². The summed E-state index contributed by atoms with van der Waals surface area (Å²) in [4.78, 5) is 0. The van der Waals surface area contributed by atoms with Gasteiger partial charge in [-0.2, -0.15) is 0 Å². The van der Waals surface area contributed by atoms with Crippen LogP contribution in [0.2, 0.25) is 0 Å². The standard InChI is InChI=1S/C29H46O2/c1-4-16-24-22-26-18-15-19-27(28(26)23-25(24)17-5-2)29(31-6-3)20-13-11-9-7-8-10-12-14-21-30/h15,18-19,22-23,29-30H,4-14,16-17,20-21H2,1-3H3. The van der Waals surface area contributed by atoms with Crippen molar-refractivity contribution in [2.45, 2.75) is 110 Å². The second kappa shape index (κ2) is 15.4. The molecule has 0 aliphatic carbocycles. The molecule has 0 aliphatic heterocycles. The molecular weight excluding hydrogens is 380 g/mol. The van der Waals surface area contributed by atoms with Crippen molar-refractivity contribution in [1.82, 2.24) is 0 Å². The van der Waals surface area contributed by atoms with Crippen LogP contribution in [-0.2, 0) is 17.6 Å². The molecule has 0 aliphatic rings. The maximum atomic E-state index is 8.86. The number of ether oxygens (including phenoxy) is 1. The fourth-order valence-corrected chi connectivity index (χ4v) is 4.76. The average molecular weight is 427 g/mol. The fourth-order valence-electron chi connectivity index (χ4n) is 4.76. The van der Waals surface area contributed by atoms with E-state index in [2.05, 4.69) is 51.1 Å². The summed E-state index contributed by atoms with van der Waals surface area (Å²) in [6.07, 6.45) is 15.9. The van der Waals surface area contributed by atoms with Crippen molar-refractivity contribution in [3.8, 4) is 0 Å². The number of rotatable bonds is 17. The van der Waals surface area contributed by atoms with E-state index in [0.29, 0.717) is 6.61 Å². The fraction of sp³-hybridized carbons (Fsp3) is 0.655. The molecule has 0 saturated carbocycles. The first kappa shape index (κ1) is 25.9. The van der Waals surface area contributed by atoms with Gasteiger partial charge in [-0.1, -0.05) is 102 Å². The molecule has 0 amide bonds. The Bertz CT molecular complexity index is 737. The maximum Gasteiger partial charge on any atom is 0.0830 e. The summed E-state index contributed by atoms with van der Waals surface area (Å²) >= 11 is 0. The van der Waals surface area contributed by atoms with Crippen molar-refractivity contribution in [3.05, 3.63) is 47.0 Å². The molecule has 0 aromatic heterocycles. The smallest absolute Gasteiger partial charge is 0.0830 e. The lowest BCUT2D eigenvalue weighted by atomic mass is 9.91. The van der Waals surface area contributed by atoms with Crippen LogP contribution in [0.1, 0.15) is 114 Å². The molecule has 0 fully saturated rings. The molecule has 0 saturated heterocycles. The van der Waals surface area contributed by atoms with Crippen LogP contribution in [0.5, 0.6) is 0 Å². The molecule has 2 aromatic carbocycles. The molecule has 0 bridgehead atoms. The van der Waals surface area contributed by atoms with Crippen molar-refractivity contribution >= 4 is 10.8 Å². The van der Waals surface area contributed by atoms with E-state index in [1.165, 1.54) is 91.7 Å². The summed E-state index contributed by atoms with van der Waals surface area (Å²) in [7, 11) is 0. The molecule has 0 spiro atoms. The van der Waals surface area contributed by atoms with E-state index in [9.17, 15) is 0 Å². The molecule has 2 heteroatoms. The summed E-state index contributed by atoms with van der Waals surface area (Å²) in [6, 6.07) is 11.7. The highest BCUT2D eigenvalue weighted by atomic mass is 16.5. The second-order valence-corrected chi connectivity index (χ2v) is 8.97. The van der Waals surface area contributed by atoms with Gasteiger partial charge in [0.15, 0.2) is 0 Å². The number of benzene rings is 2. The van der Waals surface area contributed by atoms with Gasteiger partial charge in [0.1, 0.15) is 0 Å². The molecule has 1 atom stereocenters. The second-order valence-electron chi connectivity index (χ2n) is 8.97. The predicted octanol–water partition coefficient (Wildman–Crippen LogP) is 8.33. The van der Waals surface area contributed by atoms with Crippen molar-refractivity contribution < 1.29 is 9.84 Å². The third-order valence-electron chi connectivity index (χ3n) is 6.36. The lowest BCUT2D eigenvalue weighted by Crippen LogP contribution is -2.06. The summed E-state index contributed by atoms with van der Waals surface area (Å²) in [5.74, 6) is 0. The topological polar surface area (TPSA) is 29.5 Å². The predicted molar refractivity (Wildman–Crippen MR) is 135 cm³/mol. The lowest BCUT2D eigenvalue weighted by molar-refractivity contribution is 0.0552. The third kappa shape index (κ3) is 8.58.